The molecule has 2 aliphatic heterocycles. The lowest BCUT2D eigenvalue weighted by Gasteiger charge is -2.36. The summed E-state index contributed by atoms with van der Waals surface area (Å²) in [5, 5.41) is 5.94. The van der Waals surface area contributed by atoms with Crippen LogP contribution in [0.1, 0.15) is 38.2 Å². The molecule has 0 spiro atoms. The van der Waals surface area contributed by atoms with E-state index in [1.54, 1.807) is 6.92 Å². The van der Waals surface area contributed by atoms with Crippen molar-refractivity contribution in [3.05, 3.63) is 35.8 Å². The standard InChI is InChI=1S/C25H35F4N7O2S/c1-5-36(11-10-34(2)39(4,37)38)22-9-6-16(14-20(22)25(27,28)29)32-24-30-15-21(26)23(33-24)31-17-12-18-7-8-19(13-17)35(18)3/h6,9,14-15,17-19H,5,7-8,10-13H2,1-4H3,(H2,30,31,32,33). The Kier molecular flexibility index (Phi) is 8.57. The molecule has 0 aliphatic carbocycles. The summed E-state index contributed by atoms with van der Waals surface area (Å²) >= 11 is 0. The van der Waals surface area contributed by atoms with E-state index in [0.717, 1.165) is 48.5 Å². The van der Waals surface area contributed by atoms with Gasteiger partial charge in [0, 0.05) is 56.2 Å². The number of alkyl halides is 3. The molecule has 9 nitrogen and oxygen atoms in total. The van der Waals surface area contributed by atoms with E-state index in [1.165, 1.54) is 24.1 Å². The Labute approximate surface area is 226 Å². The number of piperidine rings is 1. The van der Waals surface area contributed by atoms with Crippen LogP contribution in [0, 0.1) is 5.82 Å². The third-order valence-electron chi connectivity index (χ3n) is 7.71. The van der Waals surface area contributed by atoms with Gasteiger partial charge < -0.3 is 20.4 Å². The van der Waals surface area contributed by atoms with E-state index in [9.17, 15) is 26.0 Å². The van der Waals surface area contributed by atoms with Gasteiger partial charge in [-0.05, 0) is 57.9 Å². The lowest BCUT2D eigenvalue weighted by Crippen LogP contribution is -2.44. The highest BCUT2D eigenvalue weighted by Crippen LogP contribution is 2.39. The molecule has 0 amide bonds. The van der Waals surface area contributed by atoms with Gasteiger partial charge in [0.05, 0.1) is 18.0 Å². The van der Waals surface area contributed by atoms with Gasteiger partial charge in [0.2, 0.25) is 16.0 Å². The second-order valence-corrected chi connectivity index (χ2v) is 12.4. The summed E-state index contributed by atoms with van der Waals surface area (Å²) < 4.78 is 81.2. The molecule has 2 aliphatic rings. The lowest BCUT2D eigenvalue weighted by molar-refractivity contribution is -0.137. The zero-order valence-corrected chi connectivity index (χ0v) is 23.3. The van der Waals surface area contributed by atoms with Gasteiger partial charge in [-0.3, -0.25) is 0 Å². The average Bonchev–Trinajstić information content (AvgIpc) is 3.06. The Balaban J connectivity index is 1.52. The fourth-order valence-electron chi connectivity index (χ4n) is 5.37. The molecule has 216 valence electrons. The van der Waals surface area contributed by atoms with E-state index in [1.807, 2.05) is 0 Å². The van der Waals surface area contributed by atoms with Crippen molar-refractivity contribution in [2.45, 2.75) is 56.9 Å². The van der Waals surface area contributed by atoms with Crippen LogP contribution in [-0.4, -0.2) is 85.7 Å². The largest absolute Gasteiger partial charge is 0.418 e. The van der Waals surface area contributed by atoms with Gasteiger partial charge in [-0.15, -0.1) is 0 Å². The number of likely N-dealkylation sites (N-methyl/N-ethyl adjacent to an activating group) is 2. The molecule has 2 bridgehead atoms. The molecular weight excluding hydrogens is 538 g/mol. The second kappa shape index (κ2) is 11.4. The number of anilines is 4. The van der Waals surface area contributed by atoms with Crippen molar-refractivity contribution in [2.75, 3.05) is 55.5 Å². The number of aromatic nitrogens is 2. The molecular formula is C25H35F4N7O2S. The second-order valence-electron chi connectivity index (χ2n) is 10.3. The Hall–Kier alpha value is -2.71. The Morgan fingerprint density at radius 3 is 2.41 bits per heavy atom. The summed E-state index contributed by atoms with van der Waals surface area (Å²) in [5.41, 5.74) is -0.874. The molecule has 1 aromatic heterocycles. The Morgan fingerprint density at radius 2 is 1.82 bits per heavy atom. The van der Waals surface area contributed by atoms with Crippen LogP contribution in [-0.2, 0) is 16.2 Å². The minimum Gasteiger partial charge on any atom is -0.370 e. The van der Waals surface area contributed by atoms with E-state index in [2.05, 4.69) is 32.5 Å². The first-order chi connectivity index (χ1) is 18.3. The number of hydrogen-bond donors (Lipinski definition) is 2. The van der Waals surface area contributed by atoms with Gasteiger partial charge in [0.25, 0.3) is 0 Å². The minimum absolute atomic E-state index is 0.0151. The summed E-state index contributed by atoms with van der Waals surface area (Å²) in [4.78, 5) is 12.0. The van der Waals surface area contributed by atoms with Crippen LogP contribution < -0.4 is 15.5 Å². The first-order valence-corrected chi connectivity index (χ1v) is 14.8. The smallest absolute Gasteiger partial charge is 0.370 e. The molecule has 2 fully saturated rings. The SMILES string of the molecule is CCN(CCN(C)S(C)(=O)=O)c1ccc(Nc2ncc(F)c(NC3CC4CCC(C3)N4C)n2)cc1C(F)(F)F. The molecule has 2 atom stereocenters. The van der Waals surface area contributed by atoms with Crippen molar-refractivity contribution in [3.63, 3.8) is 0 Å². The zero-order chi connectivity index (χ0) is 28.5. The summed E-state index contributed by atoms with van der Waals surface area (Å²) in [5.74, 6) is -0.644. The minimum atomic E-state index is -4.67. The van der Waals surface area contributed by atoms with E-state index in [-0.39, 0.29) is 48.8 Å². The molecule has 2 saturated heterocycles. The molecule has 0 radical (unpaired) electrons. The van der Waals surface area contributed by atoms with Crippen LogP contribution in [0.4, 0.5) is 40.7 Å². The summed E-state index contributed by atoms with van der Waals surface area (Å²) in [6, 6.07) is 4.67. The molecule has 2 aromatic rings. The normalized spacial score (nSPS) is 21.8. The maximum atomic E-state index is 14.5. The monoisotopic (exact) mass is 573 g/mol. The first kappa shape index (κ1) is 29.3. The number of halogens is 4. The number of nitrogens with one attached hydrogen (secondary N) is 2. The highest BCUT2D eigenvalue weighted by molar-refractivity contribution is 7.88. The van der Waals surface area contributed by atoms with Crippen molar-refractivity contribution in [3.8, 4) is 0 Å². The van der Waals surface area contributed by atoms with Crippen LogP contribution in [0.2, 0.25) is 0 Å². The quantitative estimate of drug-likeness (QED) is 0.410. The lowest BCUT2D eigenvalue weighted by atomic mass is 9.98. The fourth-order valence-corrected chi connectivity index (χ4v) is 5.79. The molecule has 2 unspecified atom stereocenters. The summed E-state index contributed by atoms with van der Waals surface area (Å²) in [7, 11) is 0.0266. The third kappa shape index (κ3) is 6.90. The van der Waals surface area contributed by atoms with Crippen molar-refractivity contribution in [1.29, 1.82) is 0 Å². The van der Waals surface area contributed by atoms with Crippen LogP contribution in [0.15, 0.2) is 24.4 Å². The van der Waals surface area contributed by atoms with Crippen molar-refractivity contribution in [2.24, 2.45) is 0 Å². The predicted octanol–water partition coefficient (Wildman–Crippen LogP) is 4.13. The molecule has 4 rings (SSSR count). The van der Waals surface area contributed by atoms with Gasteiger partial charge >= 0.3 is 6.18 Å². The van der Waals surface area contributed by atoms with E-state index in [4.69, 9.17) is 0 Å². The zero-order valence-electron chi connectivity index (χ0n) is 22.5. The molecule has 14 heteroatoms. The van der Waals surface area contributed by atoms with E-state index < -0.39 is 27.6 Å². The number of sulfonamides is 1. The maximum absolute atomic E-state index is 14.5. The summed E-state index contributed by atoms with van der Waals surface area (Å²) in [6.45, 7) is 2.04. The highest BCUT2D eigenvalue weighted by Gasteiger charge is 2.39. The first-order valence-electron chi connectivity index (χ1n) is 12.9. The van der Waals surface area contributed by atoms with Gasteiger partial charge in [-0.2, -0.15) is 18.2 Å². The van der Waals surface area contributed by atoms with Gasteiger partial charge in [0.15, 0.2) is 11.6 Å². The van der Waals surface area contributed by atoms with Crippen molar-refractivity contribution >= 4 is 33.2 Å². The van der Waals surface area contributed by atoms with Crippen LogP contribution in [0.25, 0.3) is 0 Å². The molecule has 2 N–H and O–H groups in total. The number of benzene rings is 1. The Morgan fingerprint density at radius 1 is 1.15 bits per heavy atom. The number of fused-ring (bicyclic) bond motifs is 2. The molecule has 0 saturated carbocycles. The van der Waals surface area contributed by atoms with E-state index in [0.29, 0.717) is 12.1 Å². The van der Waals surface area contributed by atoms with E-state index >= 15 is 0 Å². The Bertz CT molecular complexity index is 1260. The molecule has 1 aromatic carbocycles. The fraction of sp³-hybridized carbons (Fsp3) is 0.600. The number of rotatable bonds is 10. The van der Waals surface area contributed by atoms with Gasteiger partial charge in [0.1, 0.15) is 0 Å². The van der Waals surface area contributed by atoms with Crippen LogP contribution in [0.5, 0.6) is 0 Å². The van der Waals surface area contributed by atoms with Gasteiger partial charge in [-0.25, -0.2) is 22.1 Å². The predicted molar refractivity (Wildman–Crippen MR) is 143 cm³/mol. The number of hydrogen-bond acceptors (Lipinski definition) is 8. The highest BCUT2D eigenvalue weighted by atomic mass is 32.2. The maximum Gasteiger partial charge on any atom is 0.418 e. The topological polar surface area (TPSA) is 93.7 Å². The van der Waals surface area contributed by atoms with Crippen LogP contribution >= 0.6 is 0 Å². The molecule has 39 heavy (non-hydrogen) atoms. The number of nitrogens with zero attached hydrogens (tertiary/aromatic N) is 5. The van der Waals surface area contributed by atoms with Gasteiger partial charge in [-0.1, -0.05) is 0 Å². The van der Waals surface area contributed by atoms with Crippen molar-refractivity contribution in [1.82, 2.24) is 19.2 Å². The third-order valence-corrected chi connectivity index (χ3v) is 9.03. The summed E-state index contributed by atoms with van der Waals surface area (Å²) in [6.07, 6.45) is 1.32. The van der Waals surface area contributed by atoms with Crippen LogP contribution in [0.3, 0.4) is 0 Å². The van der Waals surface area contributed by atoms with Crippen molar-refractivity contribution < 1.29 is 26.0 Å². The molecule has 3 heterocycles. The average molecular weight is 574 g/mol.